The van der Waals surface area contributed by atoms with E-state index < -0.39 is 0 Å². The van der Waals surface area contributed by atoms with Crippen molar-refractivity contribution in [3.63, 3.8) is 0 Å². The highest BCUT2D eigenvalue weighted by molar-refractivity contribution is 5.20. The van der Waals surface area contributed by atoms with Gasteiger partial charge in [-0.25, -0.2) is 0 Å². The summed E-state index contributed by atoms with van der Waals surface area (Å²) in [5.41, 5.74) is 2.52. The van der Waals surface area contributed by atoms with E-state index in [2.05, 4.69) is 30.2 Å². The minimum atomic E-state index is 0.371. The molecule has 0 bridgehead atoms. The molecule has 3 nitrogen and oxygen atoms in total. The zero-order chi connectivity index (χ0) is 13.5. The van der Waals surface area contributed by atoms with Crippen LogP contribution in [0.2, 0.25) is 0 Å². The molecule has 1 fully saturated rings. The van der Waals surface area contributed by atoms with E-state index in [1.54, 1.807) is 0 Å². The average molecular weight is 262 g/mol. The average Bonchev–Trinajstić information content (AvgIpc) is 2.44. The number of rotatable bonds is 6. The van der Waals surface area contributed by atoms with E-state index in [0.717, 1.165) is 26.0 Å². The fourth-order valence-electron chi connectivity index (χ4n) is 2.68. The van der Waals surface area contributed by atoms with Gasteiger partial charge in [0.15, 0.2) is 0 Å². The summed E-state index contributed by atoms with van der Waals surface area (Å²) in [6, 6.07) is 2.61. The molecule has 1 aromatic heterocycles. The van der Waals surface area contributed by atoms with Crippen molar-refractivity contribution in [1.82, 2.24) is 10.3 Å². The molecule has 0 saturated carbocycles. The van der Waals surface area contributed by atoms with E-state index in [9.17, 15) is 0 Å². The molecule has 0 amide bonds. The third-order valence-corrected chi connectivity index (χ3v) is 3.71. The van der Waals surface area contributed by atoms with Crippen molar-refractivity contribution < 1.29 is 4.74 Å². The summed E-state index contributed by atoms with van der Waals surface area (Å²) in [5, 5.41) is 3.64. The van der Waals surface area contributed by atoms with Gasteiger partial charge in [-0.2, -0.15) is 0 Å². The Balaban J connectivity index is 2.01. The van der Waals surface area contributed by atoms with Crippen LogP contribution in [-0.4, -0.2) is 24.2 Å². The van der Waals surface area contributed by atoms with E-state index in [1.807, 2.05) is 12.4 Å². The van der Waals surface area contributed by atoms with Gasteiger partial charge in [-0.1, -0.05) is 13.0 Å². The maximum Gasteiger partial charge on any atom is 0.0593 e. The molecular formula is C16H26N2O. The molecule has 2 unspecified atom stereocenters. The highest BCUT2D eigenvalue weighted by atomic mass is 16.5. The van der Waals surface area contributed by atoms with Crippen LogP contribution >= 0.6 is 0 Å². The Morgan fingerprint density at radius 3 is 3.00 bits per heavy atom. The minimum absolute atomic E-state index is 0.371. The lowest BCUT2D eigenvalue weighted by Gasteiger charge is -2.28. The first-order valence-corrected chi connectivity index (χ1v) is 7.56. The summed E-state index contributed by atoms with van der Waals surface area (Å²) in [5.74, 6) is 0. The lowest BCUT2D eigenvalue weighted by atomic mass is 9.97. The van der Waals surface area contributed by atoms with Crippen molar-refractivity contribution in [3.8, 4) is 0 Å². The molecule has 2 rings (SSSR count). The van der Waals surface area contributed by atoms with Gasteiger partial charge in [0.05, 0.1) is 6.10 Å². The van der Waals surface area contributed by atoms with Crippen LogP contribution in [0.4, 0.5) is 0 Å². The van der Waals surface area contributed by atoms with Crippen LogP contribution < -0.4 is 5.32 Å². The Hall–Kier alpha value is -0.930. The summed E-state index contributed by atoms with van der Waals surface area (Å²) < 4.78 is 5.88. The van der Waals surface area contributed by atoms with Gasteiger partial charge in [-0.15, -0.1) is 0 Å². The summed E-state index contributed by atoms with van der Waals surface area (Å²) in [6.07, 6.45) is 10.2. The first-order chi connectivity index (χ1) is 9.29. The standard InChI is InChI=1S/C16H26N2O/c1-3-7-18-16(10-15-6-4-5-8-19-15)14-9-13(2)11-17-12-14/h9,11-12,15-16,18H,3-8,10H2,1-2H3. The number of nitrogens with zero attached hydrogens (tertiary/aromatic N) is 1. The molecule has 0 aromatic carbocycles. The first kappa shape index (κ1) is 14.5. The SMILES string of the molecule is CCCNC(CC1CCCCO1)c1cncc(C)c1. The number of nitrogens with one attached hydrogen (secondary N) is 1. The highest BCUT2D eigenvalue weighted by Crippen LogP contribution is 2.25. The molecule has 1 aromatic rings. The molecule has 1 N–H and O–H groups in total. The van der Waals surface area contributed by atoms with Crippen molar-refractivity contribution in [2.75, 3.05) is 13.2 Å². The Kier molecular flexibility index (Phi) is 5.80. The Morgan fingerprint density at radius 2 is 2.32 bits per heavy atom. The molecule has 0 spiro atoms. The first-order valence-electron chi connectivity index (χ1n) is 7.56. The van der Waals surface area contributed by atoms with Gasteiger partial charge in [0.25, 0.3) is 0 Å². The maximum atomic E-state index is 5.88. The normalized spacial score (nSPS) is 21.3. The van der Waals surface area contributed by atoms with Crippen molar-refractivity contribution >= 4 is 0 Å². The second-order valence-corrected chi connectivity index (χ2v) is 5.53. The molecule has 0 aliphatic carbocycles. The van der Waals surface area contributed by atoms with Crippen LogP contribution in [0, 0.1) is 6.92 Å². The molecule has 19 heavy (non-hydrogen) atoms. The van der Waals surface area contributed by atoms with Crippen LogP contribution in [-0.2, 0) is 4.74 Å². The lowest BCUT2D eigenvalue weighted by molar-refractivity contribution is 0.00503. The Labute approximate surface area is 116 Å². The van der Waals surface area contributed by atoms with E-state index in [1.165, 1.54) is 30.4 Å². The van der Waals surface area contributed by atoms with Crippen LogP contribution in [0.25, 0.3) is 0 Å². The van der Waals surface area contributed by atoms with Crippen LogP contribution in [0.1, 0.15) is 56.2 Å². The molecular weight excluding hydrogens is 236 g/mol. The van der Waals surface area contributed by atoms with Crippen molar-refractivity contribution in [2.24, 2.45) is 0 Å². The fraction of sp³-hybridized carbons (Fsp3) is 0.688. The number of aryl methyl sites for hydroxylation is 1. The van der Waals surface area contributed by atoms with Crippen molar-refractivity contribution in [1.29, 1.82) is 0 Å². The van der Waals surface area contributed by atoms with E-state index in [0.29, 0.717) is 12.1 Å². The molecule has 1 aliphatic rings. The van der Waals surface area contributed by atoms with E-state index in [4.69, 9.17) is 4.74 Å². The van der Waals surface area contributed by atoms with Crippen LogP contribution in [0.3, 0.4) is 0 Å². The predicted molar refractivity (Wildman–Crippen MR) is 78.2 cm³/mol. The zero-order valence-electron chi connectivity index (χ0n) is 12.2. The summed E-state index contributed by atoms with van der Waals surface area (Å²) in [7, 11) is 0. The van der Waals surface area contributed by atoms with Gasteiger partial charge >= 0.3 is 0 Å². The smallest absolute Gasteiger partial charge is 0.0593 e. The molecule has 3 heteroatoms. The number of hydrogen-bond acceptors (Lipinski definition) is 3. The highest BCUT2D eigenvalue weighted by Gasteiger charge is 2.20. The predicted octanol–water partition coefficient (Wildman–Crippen LogP) is 3.39. The van der Waals surface area contributed by atoms with Crippen LogP contribution in [0.15, 0.2) is 18.5 Å². The molecule has 0 radical (unpaired) electrons. The molecule has 1 aliphatic heterocycles. The largest absolute Gasteiger partial charge is 0.378 e. The van der Waals surface area contributed by atoms with E-state index >= 15 is 0 Å². The van der Waals surface area contributed by atoms with Crippen molar-refractivity contribution in [2.45, 2.75) is 58.1 Å². The lowest BCUT2D eigenvalue weighted by Crippen LogP contribution is -2.29. The number of hydrogen-bond donors (Lipinski definition) is 1. The third-order valence-electron chi connectivity index (χ3n) is 3.71. The summed E-state index contributed by atoms with van der Waals surface area (Å²) in [6.45, 7) is 6.28. The second kappa shape index (κ2) is 7.61. The summed E-state index contributed by atoms with van der Waals surface area (Å²) in [4.78, 5) is 4.33. The summed E-state index contributed by atoms with van der Waals surface area (Å²) >= 11 is 0. The van der Waals surface area contributed by atoms with Gasteiger partial charge in [-0.05, 0) is 56.7 Å². The molecule has 2 atom stereocenters. The van der Waals surface area contributed by atoms with Gasteiger partial charge in [-0.3, -0.25) is 4.98 Å². The fourth-order valence-corrected chi connectivity index (χ4v) is 2.68. The quantitative estimate of drug-likeness (QED) is 0.853. The molecule has 2 heterocycles. The minimum Gasteiger partial charge on any atom is -0.378 e. The number of aromatic nitrogens is 1. The van der Waals surface area contributed by atoms with Gasteiger partial charge in [0.2, 0.25) is 0 Å². The van der Waals surface area contributed by atoms with E-state index in [-0.39, 0.29) is 0 Å². The molecule has 1 saturated heterocycles. The topological polar surface area (TPSA) is 34.1 Å². The van der Waals surface area contributed by atoms with Gasteiger partial charge in [0.1, 0.15) is 0 Å². The van der Waals surface area contributed by atoms with Crippen molar-refractivity contribution in [3.05, 3.63) is 29.6 Å². The number of pyridine rings is 1. The maximum absolute atomic E-state index is 5.88. The van der Waals surface area contributed by atoms with Crippen LogP contribution in [0.5, 0.6) is 0 Å². The Morgan fingerprint density at radius 1 is 1.42 bits per heavy atom. The second-order valence-electron chi connectivity index (χ2n) is 5.53. The Bertz CT molecular complexity index is 375. The van der Waals surface area contributed by atoms with Gasteiger partial charge < -0.3 is 10.1 Å². The zero-order valence-corrected chi connectivity index (χ0v) is 12.2. The third kappa shape index (κ3) is 4.59. The monoisotopic (exact) mass is 262 g/mol. The number of ether oxygens (including phenoxy) is 1. The molecule has 106 valence electrons. The van der Waals surface area contributed by atoms with Gasteiger partial charge in [0, 0.05) is 25.0 Å².